The van der Waals surface area contributed by atoms with Gasteiger partial charge in [0, 0.05) is 10.9 Å². The largest absolute Gasteiger partial charge is 0.324 e. The molecular formula is C11H18BrNS. The average molecular weight is 276 g/mol. The highest BCUT2D eigenvalue weighted by Gasteiger charge is 2.19. The van der Waals surface area contributed by atoms with Crippen molar-refractivity contribution in [3.63, 3.8) is 0 Å². The molecule has 3 heteroatoms. The topological polar surface area (TPSA) is 26.0 Å². The van der Waals surface area contributed by atoms with Crippen LogP contribution in [0.4, 0.5) is 0 Å². The molecule has 0 aliphatic heterocycles. The fourth-order valence-corrected chi connectivity index (χ4v) is 3.61. The van der Waals surface area contributed by atoms with E-state index in [4.69, 9.17) is 5.73 Å². The molecule has 0 saturated heterocycles. The van der Waals surface area contributed by atoms with Gasteiger partial charge in [-0.1, -0.05) is 26.7 Å². The minimum atomic E-state index is 0.201. The Balaban J connectivity index is 2.87. The van der Waals surface area contributed by atoms with E-state index in [1.54, 1.807) is 11.3 Å². The lowest BCUT2D eigenvalue weighted by Crippen LogP contribution is -2.20. The van der Waals surface area contributed by atoms with Crippen molar-refractivity contribution in [3.8, 4) is 0 Å². The average Bonchev–Trinajstić information content (AvgIpc) is 2.47. The van der Waals surface area contributed by atoms with Crippen LogP contribution >= 0.6 is 27.3 Å². The molecule has 0 saturated carbocycles. The van der Waals surface area contributed by atoms with Gasteiger partial charge in [-0.25, -0.2) is 0 Å². The van der Waals surface area contributed by atoms with Crippen LogP contribution in [0.5, 0.6) is 0 Å². The molecular weight excluding hydrogens is 258 g/mol. The summed E-state index contributed by atoms with van der Waals surface area (Å²) in [5.74, 6) is 0.607. The molecule has 1 unspecified atom stereocenters. The molecule has 1 heterocycles. The van der Waals surface area contributed by atoms with Gasteiger partial charge in [0.05, 0.1) is 3.79 Å². The van der Waals surface area contributed by atoms with Gasteiger partial charge < -0.3 is 5.73 Å². The van der Waals surface area contributed by atoms with Gasteiger partial charge in [0.25, 0.3) is 0 Å². The first-order chi connectivity index (χ1) is 6.60. The summed E-state index contributed by atoms with van der Waals surface area (Å²) in [7, 11) is 0. The number of nitrogens with two attached hydrogens (primary N) is 1. The van der Waals surface area contributed by atoms with Gasteiger partial charge in [0.15, 0.2) is 0 Å². The lowest BCUT2D eigenvalue weighted by Gasteiger charge is -2.21. The standard InChI is InChI=1S/C11H18BrNS/c1-4-8(5-2)11(13)9-6-10(12)14-7(9)3/h6,8,11H,4-5,13H2,1-3H3. The van der Waals surface area contributed by atoms with E-state index in [1.165, 1.54) is 14.2 Å². The predicted molar refractivity (Wildman–Crippen MR) is 67.8 cm³/mol. The quantitative estimate of drug-likeness (QED) is 0.873. The van der Waals surface area contributed by atoms with Crippen molar-refractivity contribution >= 4 is 27.3 Å². The Morgan fingerprint density at radius 1 is 1.43 bits per heavy atom. The molecule has 14 heavy (non-hydrogen) atoms. The van der Waals surface area contributed by atoms with Crippen LogP contribution in [0, 0.1) is 12.8 Å². The maximum atomic E-state index is 6.26. The van der Waals surface area contributed by atoms with Crippen LogP contribution in [0.2, 0.25) is 0 Å². The fourth-order valence-electron chi connectivity index (χ4n) is 1.84. The van der Waals surface area contributed by atoms with Gasteiger partial charge in [-0.3, -0.25) is 0 Å². The molecule has 0 aromatic carbocycles. The Kier molecular flexibility index (Phi) is 4.61. The first kappa shape index (κ1) is 12.2. The van der Waals surface area contributed by atoms with E-state index >= 15 is 0 Å². The third-order valence-corrected chi connectivity index (χ3v) is 4.41. The number of thiophene rings is 1. The minimum Gasteiger partial charge on any atom is -0.324 e. The van der Waals surface area contributed by atoms with Crippen molar-refractivity contribution in [2.24, 2.45) is 11.7 Å². The molecule has 0 spiro atoms. The molecule has 1 nitrogen and oxygen atoms in total. The van der Waals surface area contributed by atoms with E-state index in [0.29, 0.717) is 5.92 Å². The van der Waals surface area contributed by atoms with Crippen molar-refractivity contribution in [2.75, 3.05) is 0 Å². The van der Waals surface area contributed by atoms with Gasteiger partial charge in [-0.2, -0.15) is 0 Å². The summed E-state index contributed by atoms with van der Waals surface area (Å²) in [6.07, 6.45) is 2.31. The van der Waals surface area contributed by atoms with Crippen molar-refractivity contribution < 1.29 is 0 Å². The summed E-state index contributed by atoms with van der Waals surface area (Å²) in [5.41, 5.74) is 7.58. The van der Waals surface area contributed by atoms with E-state index in [2.05, 4.69) is 42.8 Å². The SMILES string of the molecule is CCC(CC)C(N)c1cc(Br)sc1C. The maximum Gasteiger partial charge on any atom is 0.0704 e. The third kappa shape index (κ3) is 2.59. The van der Waals surface area contributed by atoms with Crippen molar-refractivity contribution in [1.82, 2.24) is 0 Å². The lowest BCUT2D eigenvalue weighted by atomic mass is 9.90. The highest BCUT2D eigenvalue weighted by Crippen LogP contribution is 2.34. The highest BCUT2D eigenvalue weighted by molar-refractivity contribution is 9.11. The minimum absolute atomic E-state index is 0.201. The van der Waals surface area contributed by atoms with Gasteiger partial charge >= 0.3 is 0 Å². The van der Waals surface area contributed by atoms with Gasteiger partial charge in [-0.05, 0) is 40.4 Å². The Morgan fingerprint density at radius 3 is 2.36 bits per heavy atom. The fraction of sp³-hybridized carbons (Fsp3) is 0.636. The van der Waals surface area contributed by atoms with E-state index in [0.717, 1.165) is 12.8 Å². The summed E-state index contributed by atoms with van der Waals surface area (Å²) < 4.78 is 1.19. The van der Waals surface area contributed by atoms with E-state index < -0.39 is 0 Å². The smallest absolute Gasteiger partial charge is 0.0704 e. The Hall–Kier alpha value is 0.140. The summed E-state index contributed by atoms with van der Waals surface area (Å²) in [6, 6.07) is 2.37. The van der Waals surface area contributed by atoms with Crippen molar-refractivity contribution in [2.45, 2.75) is 39.7 Å². The zero-order valence-corrected chi connectivity index (χ0v) is 11.4. The number of aryl methyl sites for hydroxylation is 1. The molecule has 80 valence electrons. The number of halogens is 1. The van der Waals surface area contributed by atoms with Gasteiger partial charge in [0.1, 0.15) is 0 Å². The number of hydrogen-bond donors (Lipinski definition) is 1. The molecule has 0 fully saturated rings. The zero-order chi connectivity index (χ0) is 10.7. The second kappa shape index (κ2) is 5.29. The Labute approximate surface area is 98.8 Å². The number of hydrogen-bond acceptors (Lipinski definition) is 2. The van der Waals surface area contributed by atoms with Crippen LogP contribution in [0.15, 0.2) is 9.85 Å². The van der Waals surface area contributed by atoms with Gasteiger partial charge in [0.2, 0.25) is 0 Å². The van der Waals surface area contributed by atoms with E-state index in [9.17, 15) is 0 Å². The molecule has 1 atom stereocenters. The van der Waals surface area contributed by atoms with Crippen molar-refractivity contribution in [3.05, 3.63) is 20.3 Å². The highest BCUT2D eigenvalue weighted by atomic mass is 79.9. The molecule has 0 amide bonds. The van der Waals surface area contributed by atoms with Crippen LogP contribution in [-0.2, 0) is 0 Å². The Bertz CT molecular complexity index is 291. The van der Waals surface area contributed by atoms with E-state index in [1.807, 2.05) is 0 Å². The molecule has 0 aliphatic rings. The Morgan fingerprint density at radius 2 is 2.00 bits per heavy atom. The zero-order valence-electron chi connectivity index (χ0n) is 9.01. The molecule has 0 aliphatic carbocycles. The van der Waals surface area contributed by atoms with Crippen LogP contribution in [-0.4, -0.2) is 0 Å². The monoisotopic (exact) mass is 275 g/mol. The third-order valence-electron chi connectivity index (χ3n) is 2.84. The maximum absolute atomic E-state index is 6.26. The first-order valence-corrected chi connectivity index (χ1v) is 6.72. The van der Waals surface area contributed by atoms with E-state index in [-0.39, 0.29) is 6.04 Å². The van der Waals surface area contributed by atoms with Crippen LogP contribution in [0.25, 0.3) is 0 Å². The summed E-state index contributed by atoms with van der Waals surface area (Å²) >= 11 is 5.28. The summed E-state index contributed by atoms with van der Waals surface area (Å²) in [6.45, 7) is 6.57. The molecule has 1 rings (SSSR count). The van der Waals surface area contributed by atoms with Crippen LogP contribution < -0.4 is 5.73 Å². The van der Waals surface area contributed by atoms with Crippen molar-refractivity contribution in [1.29, 1.82) is 0 Å². The molecule has 0 radical (unpaired) electrons. The second-order valence-electron chi connectivity index (χ2n) is 3.66. The molecule has 1 aromatic rings. The first-order valence-electron chi connectivity index (χ1n) is 5.11. The lowest BCUT2D eigenvalue weighted by molar-refractivity contribution is 0.405. The normalized spacial score (nSPS) is 13.6. The summed E-state index contributed by atoms with van der Waals surface area (Å²) in [4.78, 5) is 1.34. The molecule has 2 N–H and O–H groups in total. The van der Waals surface area contributed by atoms with Crippen LogP contribution in [0.3, 0.4) is 0 Å². The molecule has 0 bridgehead atoms. The second-order valence-corrected chi connectivity index (χ2v) is 6.30. The van der Waals surface area contributed by atoms with Gasteiger partial charge in [-0.15, -0.1) is 11.3 Å². The van der Waals surface area contributed by atoms with Crippen LogP contribution in [0.1, 0.15) is 43.2 Å². The number of rotatable bonds is 4. The molecule has 1 aromatic heterocycles. The summed E-state index contributed by atoms with van der Waals surface area (Å²) in [5, 5.41) is 0. The predicted octanol–water partition coefficient (Wildman–Crippen LogP) is 4.26.